The molecule has 0 fully saturated rings. The van der Waals surface area contributed by atoms with Crippen molar-refractivity contribution in [2.45, 2.75) is 13.0 Å². The average Bonchev–Trinajstić information content (AvgIpc) is 2.36. The lowest BCUT2D eigenvalue weighted by Gasteiger charge is -2.14. The molecule has 0 saturated carbocycles. The summed E-state index contributed by atoms with van der Waals surface area (Å²) in [6, 6.07) is 9.76. The van der Waals surface area contributed by atoms with Crippen molar-refractivity contribution in [2.75, 3.05) is 0 Å². The highest BCUT2D eigenvalue weighted by Gasteiger charge is 2.18. The summed E-state index contributed by atoms with van der Waals surface area (Å²) < 4.78 is 0. The molecule has 16 heavy (non-hydrogen) atoms. The molecule has 0 spiro atoms. The van der Waals surface area contributed by atoms with Gasteiger partial charge in [-0.05, 0) is 12.3 Å². The van der Waals surface area contributed by atoms with Crippen molar-refractivity contribution < 1.29 is 5.11 Å². The van der Waals surface area contributed by atoms with Crippen LogP contribution in [0.15, 0.2) is 36.7 Å². The zero-order valence-corrected chi connectivity index (χ0v) is 8.96. The third-order valence-corrected chi connectivity index (χ3v) is 2.69. The summed E-state index contributed by atoms with van der Waals surface area (Å²) in [6.45, 7) is 1.70. The average molecular weight is 212 g/mol. The molecule has 0 aliphatic heterocycles. The van der Waals surface area contributed by atoms with E-state index in [1.807, 2.05) is 24.3 Å². The van der Waals surface area contributed by atoms with E-state index >= 15 is 0 Å². The highest BCUT2D eigenvalue weighted by Crippen LogP contribution is 2.27. The molecule has 3 nitrogen and oxygen atoms in total. The molecule has 2 unspecified atom stereocenters. The quantitative estimate of drug-likeness (QED) is 0.831. The molecule has 1 aromatic carbocycles. The standard InChI is InChI=1S/C13H12N2O/c1-9(6-14)13(16)12-8-15-7-10-4-2-3-5-11(10)12/h2-5,7-9,13,16H,1H3. The predicted octanol–water partition coefficient (Wildman–Crippen LogP) is 2.43. The van der Waals surface area contributed by atoms with Crippen molar-refractivity contribution in [3.05, 3.63) is 42.2 Å². The van der Waals surface area contributed by atoms with Crippen molar-refractivity contribution in [3.63, 3.8) is 0 Å². The highest BCUT2D eigenvalue weighted by atomic mass is 16.3. The van der Waals surface area contributed by atoms with Crippen LogP contribution in [0.25, 0.3) is 10.8 Å². The number of pyridine rings is 1. The van der Waals surface area contributed by atoms with Crippen molar-refractivity contribution in [2.24, 2.45) is 5.92 Å². The van der Waals surface area contributed by atoms with Crippen LogP contribution in [0.3, 0.4) is 0 Å². The number of aliphatic hydroxyl groups is 1. The maximum absolute atomic E-state index is 10.0. The lowest BCUT2D eigenvalue weighted by molar-refractivity contribution is 0.144. The molecule has 1 heterocycles. The summed E-state index contributed by atoms with van der Waals surface area (Å²) in [4.78, 5) is 4.08. The molecule has 0 radical (unpaired) electrons. The van der Waals surface area contributed by atoms with Crippen LogP contribution in [-0.2, 0) is 0 Å². The monoisotopic (exact) mass is 212 g/mol. The van der Waals surface area contributed by atoms with Crippen molar-refractivity contribution in [1.29, 1.82) is 5.26 Å². The molecule has 0 bridgehead atoms. The Hall–Kier alpha value is -1.92. The first-order chi connectivity index (χ1) is 7.74. The fourth-order valence-electron chi connectivity index (χ4n) is 1.72. The first-order valence-electron chi connectivity index (χ1n) is 5.14. The van der Waals surface area contributed by atoms with E-state index in [9.17, 15) is 5.11 Å². The molecule has 2 atom stereocenters. The number of aliphatic hydroxyl groups excluding tert-OH is 1. The van der Waals surface area contributed by atoms with Gasteiger partial charge in [0, 0.05) is 23.3 Å². The number of rotatable bonds is 2. The number of nitriles is 1. The molecule has 0 amide bonds. The van der Waals surface area contributed by atoms with Gasteiger partial charge in [0.15, 0.2) is 0 Å². The van der Waals surface area contributed by atoms with E-state index in [0.717, 1.165) is 10.8 Å². The van der Waals surface area contributed by atoms with E-state index in [2.05, 4.69) is 11.1 Å². The molecule has 1 N–H and O–H groups in total. The second kappa shape index (κ2) is 4.30. The Morgan fingerprint density at radius 2 is 2.06 bits per heavy atom. The second-order valence-electron chi connectivity index (χ2n) is 3.81. The van der Waals surface area contributed by atoms with Gasteiger partial charge in [-0.3, -0.25) is 4.98 Å². The maximum atomic E-state index is 10.0. The van der Waals surface area contributed by atoms with Gasteiger partial charge in [-0.2, -0.15) is 5.26 Å². The number of aromatic nitrogens is 1. The maximum Gasteiger partial charge on any atom is 0.0966 e. The smallest absolute Gasteiger partial charge is 0.0966 e. The highest BCUT2D eigenvalue weighted by molar-refractivity contribution is 5.84. The Morgan fingerprint density at radius 3 is 2.81 bits per heavy atom. The van der Waals surface area contributed by atoms with Crippen LogP contribution in [0, 0.1) is 17.2 Å². The van der Waals surface area contributed by atoms with Crippen LogP contribution in [-0.4, -0.2) is 10.1 Å². The van der Waals surface area contributed by atoms with E-state index in [4.69, 9.17) is 5.26 Å². The summed E-state index contributed by atoms with van der Waals surface area (Å²) in [5.74, 6) is -0.437. The lowest BCUT2D eigenvalue weighted by Crippen LogP contribution is -2.07. The van der Waals surface area contributed by atoms with E-state index in [1.54, 1.807) is 19.3 Å². The largest absolute Gasteiger partial charge is 0.387 e. The fourth-order valence-corrected chi connectivity index (χ4v) is 1.72. The molecular weight excluding hydrogens is 200 g/mol. The van der Waals surface area contributed by atoms with Gasteiger partial charge in [0.05, 0.1) is 18.1 Å². The number of hydrogen-bond donors (Lipinski definition) is 1. The Morgan fingerprint density at radius 1 is 1.31 bits per heavy atom. The number of nitrogens with zero attached hydrogens (tertiary/aromatic N) is 2. The summed E-state index contributed by atoms with van der Waals surface area (Å²) in [5.41, 5.74) is 0.715. The van der Waals surface area contributed by atoms with Gasteiger partial charge in [0.2, 0.25) is 0 Å². The van der Waals surface area contributed by atoms with Crippen LogP contribution < -0.4 is 0 Å². The van der Waals surface area contributed by atoms with Crippen molar-refractivity contribution in [1.82, 2.24) is 4.98 Å². The molecule has 3 heteroatoms. The Labute approximate surface area is 94.0 Å². The molecule has 2 rings (SSSR count). The van der Waals surface area contributed by atoms with Crippen LogP contribution in [0.4, 0.5) is 0 Å². The minimum Gasteiger partial charge on any atom is -0.387 e. The summed E-state index contributed by atoms with van der Waals surface area (Å²) >= 11 is 0. The lowest BCUT2D eigenvalue weighted by atomic mass is 9.96. The van der Waals surface area contributed by atoms with Gasteiger partial charge in [-0.25, -0.2) is 0 Å². The van der Waals surface area contributed by atoms with Crippen molar-refractivity contribution in [3.8, 4) is 6.07 Å². The zero-order valence-electron chi connectivity index (χ0n) is 8.96. The molecule has 0 aliphatic rings. The summed E-state index contributed by atoms with van der Waals surface area (Å²) in [7, 11) is 0. The number of fused-ring (bicyclic) bond motifs is 1. The van der Waals surface area contributed by atoms with Gasteiger partial charge in [-0.1, -0.05) is 24.3 Å². The van der Waals surface area contributed by atoms with E-state index in [-0.39, 0.29) is 0 Å². The Bertz CT molecular complexity index is 540. The van der Waals surface area contributed by atoms with Crippen LogP contribution in [0.1, 0.15) is 18.6 Å². The fraction of sp³-hybridized carbons (Fsp3) is 0.231. The molecule has 80 valence electrons. The van der Waals surface area contributed by atoms with Gasteiger partial charge >= 0.3 is 0 Å². The number of hydrogen-bond acceptors (Lipinski definition) is 3. The summed E-state index contributed by atoms with van der Waals surface area (Å²) in [6.07, 6.45) is 2.59. The first-order valence-corrected chi connectivity index (χ1v) is 5.14. The molecular formula is C13H12N2O. The first kappa shape index (κ1) is 10.6. The molecule has 1 aromatic heterocycles. The van der Waals surface area contributed by atoms with Crippen LogP contribution >= 0.6 is 0 Å². The van der Waals surface area contributed by atoms with Crippen molar-refractivity contribution >= 4 is 10.8 Å². The van der Waals surface area contributed by atoms with Crippen LogP contribution in [0.5, 0.6) is 0 Å². The third kappa shape index (κ3) is 1.75. The second-order valence-corrected chi connectivity index (χ2v) is 3.81. The number of benzene rings is 1. The van der Waals surface area contributed by atoms with E-state index in [1.165, 1.54) is 0 Å². The Balaban J connectivity index is 2.57. The molecule has 0 aliphatic carbocycles. The minimum atomic E-state index is -0.788. The normalized spacial score (nSPS) is 14.3. The van der Waals surface area contributed by atoms with Gasteiger partial charge < -0.3 is 5.11 Å². The van der Waals surface area contributed by atoms with E-state index in [0.29, 0.717) is 5.56 Å². The topological polar surface area (TPSA) is 56.9 Å². The van der Waals surface area contributed by atoms with E-state index < -0.39 is 12.0 Å². The third-order valence-electron chi connectivity index (χ3n) is 2.69. The zero-order chi connectivity index (χ0) is 11.5. The molecule has 2 aromatic rings. The molecule has 0 saturated heterocycles. The SMILES string of the molecule is CC(C#N)C(O)c1cncc2ccccc12. The van der Waals surface area contributed by atoms with Gasteiger partial charge in [0.1, 0.15) is 0 Å². The Kier molecular flexibility index (Phi) is 2.84. The van der Waals surface area contributed by atoms with Gasteiger partial charge in [-0.15, -0.1) is 0 Å². The summed E-state index contributed by atoms with van der Waals surface area (Å²) in [5, 5.41) is 20.8. The predicted molar refractivity (Wildman–Crippen MR) is 61.5 cm³/mol. The van der Waals surface area contributed by atoms with Crippen LogP contribution in [0.2, 0.25) is 0 Å². The van der Waals surface area contributed by atoms with Gasteiger partial charge in [0.25, 0.3) is 0 Å². The minimum absolute atomic E-state index is 0.437.